The molecule has 0 radical (unpaired) electrons. The van der Waals surface area contributed by atoms with Gasteiger partial charge in [-0.15, -0.1) is 0 Å². The molecule has 0 spiro atoms. The Balaban J connectivity index is 1.53. The molecule has 0 aromatic heterocycles. The van der Waals surface area contributed by atoms with Gasteiger partial charge in [-0.05, 0) is 62.0 Å². The summed E-state index contributed by atoms with van der Waals surface area (Å²) in [5, 5.41) is 5.12. The molecule has 0 bridgehead atoms. The van der Waals surface area contributed by atoms with E-state index < -0.39 is 0 Å². The topological polar surface area (TPSA) is 0 Å². The van der Waals surface area contributed by atoms with Crippen LogP contribution in [0.25, 0.3) is 44.8 Å². The summed E-state index contributed by atoms with van der Waals surface area (Å²) in [6, 6.07) is 38.9. The van der Waals surface area contributed by atoms with Crippen molar-refractivity contribution >= 4 is 33.7 Å². The highest BCUT2D eigenvalue weighted by atomic mass is 14.1. The molecule has 0 aliphatic carbocycles. The quantitative estimate of drug-likeness (QED) is 0.228. The Labute approximate surface area is 165 Å². The van der Waals surface area contributed by atoms with Gasteiger partial charge in [0.15, 0.2) is 0 Å². The molecule has 5 aromatic rings. The Morgan fingerprint density at radius 1 is 0.429 bits per heavy atom. The first-order valence-electron chi connectivity index (χ1n) is 9.62. The van der Waals surface area contributed by atoms with Crippen LogP contribution in [0.1, 0.15) is 11.1 Å². The molecule has 132 valence electrons. The minimum atomic E-state index is 1.21. The lowest BCUT2D eigenvalue weighted by atomic mass is 9.98. The van der Waals surface area contributed by atoms with Gasteiger partial charge in [0, 0.05) is 0 Å². The summed E-state index contributed by atoms with van der Waals surface area (Å²) in [6.07, 6.45) is 4.42. The summed E-state index contributed by atoms with van der Waals surface area (Å²) in [7, 11) is 0. The van der Waals surface area contributed by atoms with E-state index in [-0.39, 0.29) is 0 Å². The van der Waals surface area contributed by atoms with E-state index in [4.69, 9.17) is 0 Å². The fourth-order valence-corrected chi connectivity index (χ4v) is 3.77. The average Bonchev–Trinajstić information content (AvgIpc) is 2.77. The minimum absolute atomic E-state index is 1.21. The zero-order chi connectivity index (χ0) is 18.8. The molecule has 5 aromatic carbocycles. The smallest absolute Gasteiger partial charge is 0.0111 e. The Hall–Kier alpha value is -3.64. The zero-order valence-electron chi connectivity index (χ0n) is 15.5. The van der Waals surface area contributed by atoms with E-state index >= 15 is 0 Å². The normalized spacial score (nSPS) is 11.4. The summed E-state index contributed by atoms with van der Waals surface area (Å²) >= 11 is 0. The average molecular weight is 356 g/mol. The molecule has 0 unspecified atom stereocenters. The number of benzene rings is 5. The monoisotopic (exact) mass is 356 g/mol. The second-order valence-electron chi connectivity index (χ2n) is 7.09. The first-order valence-corrected chi connectivity index (χ1v) is 9.62. The van der Waals surface area contributed by atoms with Crippen molar-refractivity contribution in [1.82, 2.24) is 0 Å². The van der Waals surface area contributed by atoms with Gasteiger partial charge in [-0.25, -0.2) is 0 Å². The molecular weight excluding hydrogens is 336 g/mol. The maximum atomic E-state index is 2.28. The zero-order valence-corrected chi connectivity index (χ0v) is 15.5. The summed E-state index contributed by atoms with van der Waals surface area (Å²) in [6.45, 7) is 0. The van der Waals surface area contributed by atoms with Crippen molar-refractivity contribution < 1.29 is 0 Å². The number of fused-ring (bicyclic) bond motifs is 2. The molecule has 0 atom stereocenters. The highest BCUT2D eigenvalue weighted by molar-refractivity contribution is 5.99. The van der Waals surface area contributed by atoms with E-state index in [2.05, 4.69) is 121 Å². The van der Waals surface area contributed by atoms with Crippen molar-refractivity contribution in [3.8, 4) is 11.1 Å². The van der Waals surface area contributed by atoms with E-state index in [1.54, 1.807) is 0 Å². The molecule has 0 aliphatic heterocycles. The van der Waals surface area contributed by atoms with Crippen LogP contribution in [0, 0.1) is 0 Å². The van der Waals surface area contributed by atoms with Crippen LogP contribution >= 0.6 is 0 Å². The van der Waals surface area contributed by atoms with Gasteiger partial charge in [-0.1, -0.05) is 103 Å². The molecule has 0 saturated heterocycles. The van der Waals surface area contributed by atoms with Crippen LogP contribution < -0.4 is 0 Å². The molecule has 28 heavy (non-hydrogen) atoms. The third kappa shape index (κ3) is 3.21. The van der Waals surface area contributed by atoms with Crippen molar-refractivity contribution in [2.24, 2.45) is 0 Å². The number of rotatable bonds is 3. The second kappa shape index (κ2) is 7.17. The highest BCUT2D eigenvalue weighted by Crippen LogP contribution is 2.27. The Kier molecular flexibility index (Phi) is 4.23. The molecule has 0 fully saturated rings. The van der Waals surface area contributed by atoms with Crippen molar-refractivity contribution in [2.75, 3.05) is 0 Å². The van der Waals surface area contributed by atoms with Crippen molar-refractivity contribution in [2.45, 2.75) is 0 Å². The van der Waals surface area contributed by atoms with Crippen molar-refractivity contribution in [1.29, 1.82) is 0 Å². The lowest BCUT2D eigenvalue weighted by Gasteiger charge is -2.06. The molecule has 0 heterocycles. The molecule has 0 nitrogen and oxygen atoms in total. The molecule has 5 rings (SSSR count). The van der Waals surface area contributed by atoms with Gasteiger partial charge in [-0.3, -0.25) is 0 Å². The van der Waals surface area contributed by atoms with Gasteiger partial charge in [-0.2, -0.15) is 0 Å². The molecule has 0 saturated carbocycles. The van der Waals surface area contributed by atoms with Gasteiger partial charge in [0.05, 0.1) is 0 Å². The second-order valence-corrected chi connectivity index (χ2v) is 7.09. The van der Waals surface area contributed by atoms with Gasteiger partial charge in [0.2, 0.25) is 0 Å². The van der Waals surface area contributed by atoms with Crippen LogP contribution in [-0.4, -0.2) is 0 Å². The Bertz CT molecular complexity index is 1290. The van der Waals surface area contributed by atoms with E-state index in [1.807, 2.05) is 0 Å². The first kappa shape index (κ1) is 16.5. The van der Waals surface area contributed by atoms with E-state index in [0.717, 1.165) is 0 Å². The van der Waals surface area contributed by atoms with Crippen LogP contribution in [0.15, 0.2) is 109 Å². The first-order chi connectivity index (χ1) is 13.9. The summed E-state index contributed by atoms with van der Waals surface area (Å²) < 4.78 is 0. The van der Waals surface area contributed by atoms with Crippen molar-refractivity contribution in [3.63, 3.8) is 0 Å². The Morgan fingerprint density at radius 2 is 1.07 bits per heavy atom. The van der Waals surface area contributed by atoms with E-state index in [9.17, 15) is 0 Å². The summed E-state index contributed by atoms with van der Waals surface area (Å²) in [5.41, 5.74) is 4.94. The summed E-state index contributed by atoms with van der Waals surface area (Å²) in [5.74, 6) is 0. The fourth-order valence-electron chi connectivity index (χ4n) is 3.77. The van der Waals surface area contributed by atoms with Crippen molar-refractivity contribution in [3.05, 3.63) is 120 Å². The lowest BCUT2D eigenvalue weighted by Crippen LogP contribution is -1.82. The van der Waals surface area contributed by atoms with E-state index in [1.165, 1.54) is 43.8 Å². The predicted octanol–water partition coefficient (Wildman–Crippen LogP) is 7.83. The van der Waals surface area contributed by atoms with Crippen LogP contribution in [0.4, 0.5) is 0 Å². The van der Waals surface area contributed by atoms with Crippen LogP contribution in [0.5, 0.6) is 0 Å². The number of hydrogen-bond acceptors (Lipinski definition) is 0. The lowest BCUT2D eigenvalue weighted by molar-refractivity contribution is 1.59. The minimum Gasteiger partial charge on any atom is -0.0622 e. The molecule has 0 heteroatoms. The van der Waals surface area contributed by atoms with E-state index in [0.29, 0.717) is 0 Å². The van der Waals surface area contributed by atoms with Gasteiger partial charge in [0.25, 0.3) is 0 Å². The molecule has 0 amide bonds. The molecule has 0 N–H and O–H groups in total. The van der Waals surface area contributed by atoms with Crippen LogP contribution in [0.3, 0.4) is 0 Å². The standard InChI is InChI=1S/C28H20/c1-2-8-22(9-3-1)28-13-7-6-10-23(28)16-14-21-15-17-26-19-24-11-4-5-12-25(24)20-27(26)18-21/h1-20H/b16-14+. The van der Waals surface area contributed by atoms with Crippen LogP contribution in [0.2, 0.25) is 0 Å². The van der Waals surface area contributed by atoms with Gasteiger partial charge >= 0.3 is 0 Å². The number of hydrogen-bond donors (Lipinski definition) is 0. The largest absolute Gasteiger partial charge is 0.0622 e. The third-order valence-electron chi connectivity index (χ3n) is 5.23. The molecular formula is C28H20. The molecule has 0 aliphatic rings. The van der Waals surface area contributed by atoms with Gasteiger partial charge < -0.3 is 0 Å². The third-order valence-corrected chi connectivity index (χ3v) is 5.23. The maximum absolute atomic E-state index is 2.28. The van der Waals surface area contributed by atoms with Gasteiger partial charge in [0.1, 0.15) is 0 Å². The van der Waals surface area contributed by atoms with Crippen LogP contribution in [-0.2, 0) is 0 Å². The highest BCUT2D eigenvalue weighted by Gasteiger charge is 2.02. The summed E-state index contributed by atoms with van der Waals surface area (Å²) in [4.78, 5) is 0. The maximum Gasteiger partial charge on any atom is -0.0111 e. The SMILES string of the molecule is C(=C\c1ccccc1-c1ccccc1)/c1ccc2cc3ccccc3cc2c1. The Morgan fingerprint density at radius 3 is 1.89 bits per heavy atom. The predicted molar refractivity (Wildman–Crippen MR) is 122 cm³/mol. The fraction of sp³-hybridized carbons (Fsp3) is 0.